The molecule has 1 aliphatic heterocycles. The van der Waals surface area contributed by atoms with E-state index in [1.54, 1.807) is 19.2 Å². The number of sulfonamides is 1. The van der Waals surface area contributed by atoms with E-state index in [4.69, 9.17) is 6.42 Å². The molecule has 10 nitrogen and oxygen atoms in total. The maximum Gasteiger partial charge on any atom is 0.268 e. The number of aromatic nitrogens is 4. The topological polar surface area (TPSA) is 130 Å². The Labute approximate surface area is 213 Å². The first-order chi connectivity index (χ1) is 17.6. The second-order valence-electron chi connectivity index (χ2n) is 9.74. The first-order valence-corrected chi connectivity index (χ1v) is 13.5. The molecule has 2 aliphatic rings. The third kappa shape index (κ3) is 4.70. The van der Waals surface area contributed by atoms with Gasteiger partial charge in [-0.05, 0) is 57.2 Å². The van der Waals surface area contributed by atoms with E-state index >= 15 is 0 Å². The molecule has 1 saturated carbocycles. The predicted molar refractivity (Wildman–Crippen MR) is 135 cm³/mol. The van der Waals surface area contributed by atoms with Crippen molar-refractivity contribution in [2.75, 3.05) is 18.4 Å². The van der Waals surface area contributed by atoms with Crippen molar-refractivity contribution in [1.29, 1.82) is 0 Å². The van der Waals surface area contributed by atoms with Gasteiger partial charge in [-0.1, -0.05) is 12.0 Å². The van der Waals surface area contributed by atoms with E-state index in [9.17, 15) is 22.7 Å². The van der Waals surface area contributed by atoms with Gasteiger partial charge in [0.05, 0.1) is 17.2 Å². The highest BCUT2D eigenvalue weighted by molar-refractivity contribution is 7.89. The second-order valence-corrected chi connectivity index (χ2v) is 11.6. The van der Waals surface area contributed by atoms with Crippen LogP contribution in [0.25, 0.3) is 11.0 Å². The van der Waals surface area contributed by atoms with Crippen LogP contribution in [0.15, 0.2) is 40.3 Å². The molecule has 1 saturated heterocycles. The quantitative estimate of drug-likeness (QED) is 0.382. The number of halogens is 1. The van der Waals surface area contributed by atoms with Crippen molar-refractivity contribution in [3.05, 3.63) is 52.3 Å². The first kappa shape index (κ1) is 25.3. The van der Waals surface area contributed by atoms with Gasteiger partial charge in [0, 0.05) is 30.7 Å². The molecule has 2 N–H and O–H groups in total. The summed E-state index contributed by atoms with van der Waals surface area (Å²) in [4.78, 5) is 25.7. The van der Waals surface area contributed by atoms with Crippen LogP contribution in [0, 0.1) is 18.3 Å². The Hall–Kier alpha value is -3.40. The number of anilines is 1. The summed E-state index contributed by atoms with van der Waals surface area (Å²) < 4.78 is 41.9. The molecule has 5 rings (SSSR count). The Bertz CT molecular complexity index is 1560. The van der Waals surface area contributed by atoms with Crippen LogP contribution in [0.1, 0.15) is 50.6 Å². The van der Waals surface area contributed by atoms with Gasteiger partial charge in [0.2, 0.25) is 11.9 Å². The summed E-state index contributed by atoms with van der Waals surface area (Å²) in [6, 6.07) is 4.67. The third-order valence-corrected chi connectivity index (χ3v) is 9.00. The number of rotatable bonds is 5. The standard InChI is InChI=1S/C25H27FN6O4S/c1-3-16-14-17-15-27-24(30-22(17)32(23(16)33)19-6-5-11-25(19,2)34)28-18-9-12-31(13-10-18)37(35,36)21-8-4-7-20(26)29-21/h1,4,7-8,14-15,18-19,34H,5-6,9-13H2,2H3,(H,27,28,30)/t19-,25-/m1/s1. The SMILES string of the molecule is C#Cc1cc2cnc(NC3CCN(S(=O)(=O)c4cccc(F)n4)CC3)nc2n([C@@H]2CCC[C@@]2(C)O)c1=O. The normalized spacial score (nSPS) is 23.2. The summed E-state index contributed by atoms with van der Waals surface area (Å²) in [5.74, 6) is 1.87. The predicted octanol–water partition coefficient (Wildman–Crippen LogP) is 2.05. The Balaban J connectivity index is 1.38. The Morgan fingerprint density at radius 2 is 2.00 bits per heavy atom. The summed E-state index contributed by atoms with van der Waals surface area (Å²) in [5.41, 5.74) is -0.889. The van der Waals surface area contributed by atoms with E-state index in [0.717, 1.165) is 12.5 Å². The van der Waals surface area contributed by atoms with Gasteiger partial charge in [-0.15, -0.1) is 6.42 Å². The lowest BCUT2D eigenvalue weighted by molar-refractivity contribution is 0.0266. The average molecular weight is 527 g/mol. The highest BCUT2D eigenvalue weighted by atomic mass is 32.2. The zero-order chi connectivity index (χ0) is 26.4. The molecular formula is C25H27FN6O4S. The minimum Gasteiger partial charge on any atom is -0.388 e. The van der Waals surface area contributed by atoms with Crippen molar-refractivity contribution >= 4 is 27.0 Å². The van der Waals surface area contributed by atoms with Gasteiger partial charge in [-0.2, -0.15) is 13.7 Å². The number of piperidine rings is 1. The fraction of sp³-hybridized carbons (Fsp3) is 0.440. The summed E-state index contributed by atoms with van der Waals surface area (Å²) in [6.07, 6.45) is 10.0. The third-order valence-electron chi connectivity index (χ3n) is 7.20. The van der Waals surface area contributed by atoms with Crippen LogP contribution >= 0.6 is 0 Å². The number of aliphatic hydroxyl groups is 1. The molecule has 3 aromatic rings. The van der Waals surface area contributed by atoms with Crippen LogP contribution in [0.4, 0.5) is 10.3 Å². The van der Waals surface area contributed by atoms with Crippen molar-refractivity contribution in [2.24, 2.45) is 0 Å². The monoisotopic (exact) mass is 526 g/mol. The fourth-order valence-electron chi connectivity index (χ4n) is 5.21. The van der Waals surface area contributed by atoms with E-state index in [2.05, 4.69) is 26.2 Å². The molecule has 1 aliphatic carbocycles. The molecule has 2 fully saturated rings. The number of nitrogens with one attached hydrogen (secondary N) is 1. The zero-order valence-electron chi connectivity index (χ0n) is 20.3. The van der Waals surface area contributed by atoms with Crippen LogP contribution in [-0.2, 0) is 10.0 Å². The fourth-order valence-corrected chi connectivity index (χ4v) is 6.62. The Kier molecular flexibility index (Phi) is 6.47. The van der Waals surface area contributed by atoms with Gasteiger partial charge in [-0.25, -0.2) is 18.4 Å². The van der Waals surface area contributed by atoms with Crippen LogP contribution in [0.5, 0.6) is 0 Å². The molecule has 4 heterocycles. The summed E-state index contributed by atoms with van der Waals surface area (Å²) in [6.45, 7) is 2.15. The lowest BCUT2D eigenvalue weighted by Gasteiger charge is -2.31. The molecule has 3 aromatic heterocycles. The van der Waals surface area contributed by atoms with Gasteiger partial charge in [0.25, 0.3) is 15.6 Å². The lowest BCUT2D eigenvalue weighted by atomic mass is 9.99. The zero-order valence-corrected chi connectivity index (χ0v) is 21.1. The smallest absolute Gasteiger partial charge is 0.268 e. The molecule has 0 amide bonds. The summed E-state index contributed by atoms with van der Waals surface area (Å²) in [5, 5.41) is 14.4. The van der Waals surface area contributed by atoms with Crippen molar-refractivity contribution in [3.8, 4) is 12.3 Å². The summed E-state index contributed by atoms with van der Waals surface area (Å²) in [7, 11) is -3.90. The minimum atomic E-state index is -3.90. The number of nitrogens with zero attached hydrogens (tertiary/aromatic N) is 5. The minimum absolute atomic E-state index is 0.121. The second kappa shape index (κ2) is 9.48. The molecule has 0 radical (unpaired) electrons. The number of pyridine rings is 2. The number of hydrogen-bond acceptors (Lipinski definition) is 8. The van der Waals surface area contributed by atoms with E-state index in [1.165, 1.54) is 21.0 Å². The number of terminal acetylenes is 1. The number of hydrogen-bond donors (Lipinski definition) is 2. The van der Waals surface area contributed by atoms with Crippen molar-refractivity contribution in [1.82, 2.24) is 23.8 Å². The van der Waals surface area contributed by atoms with Gasteiger partial charge in [0.1, 0.15) is 5.65 Å². The van der Waals surface area contributed by atoms with E-state index in [1.807, 2.05) is 0 Å². The maximum atomic E-state index is 13.5. The van der Waals surface area contributed by atoms with Gasteiger partial charge in [0.15, 0.2) is 5.03 Å². The Morgan fingerprint density at radius 3 is 2.65 bits per heavy atom. The van der Waals surface area contributed by atoms with Crippen molar-refractivity contribution in [3.63, 3.8) is 0 Å². The molecule has 12 heteroatoms. The van der Waals surface area contributed by atoms with Crippen LogP contribution in [0.2, 0.25) is 0 Å². The van der Waals surface area contributed by atoms with E-state index in [-0.39, 0.29) is 35.3 Å². The lowest BCUT2D eigenvalue weighted by Crippen LogP contribution is -2.42. The first-order valence-electron chi connectivity index (χ1n) is 12.1. The van der Waals surface area contributed by atoms with Crippen LogP contribution < -0.4 is 10.9 Å². The molecule has 0 unspecified atom stereocenters. The molecule has 0 aromatic carbocycles. The van der Waals surface area contributed by atoms with Gasteiger partial charge in [-0.3, -0.25) is 9.36 Å². The molecule has 0 spiro atoms. The summed E-state index contributed by atoms with van der Waals surface area (Å²) >= 11 is 0. The molecule has 194 valence electrons. The number of fused-ring (bicyclic) bond motifs is 1. The average Bonchev–Trinajstić information content (AvgIpc) is 3.22. The molecular weight excluding hydrogens is 499 g/mol. The highest BCUT2D eigenvalue weighted by Gasteiger charge is 2.40. The molecule has 0 bridgehead atoms. The van der Waals surface area contributed by atoms with Crippen LogP contribution in [-0.4, -0.2) is 62.1 Å². The Morgan fingerprint density at radius 1 is 1.24 bits per heavy atom. The molecule has 37 heavy (non-hydrogen) atoms. The maximum absolute atomic E-state index is 13.5. The highest BCUT2D eigenvalue weighted by Crippen LogP contribution is 2.39. The van der Waals surface area contributed by atoms with Crippen molar-refractivity contribution in [2.45, 2.75) is 61.7 Å². The van der Waals surface area contributed by atoms with Gasteiger partial charge >= 0.3 is 0 Å². The van der Waals surface area contributed by atoms with Gasteiger partial charge < -0.3 is 10.4 Å². The van der Waals surface area contributed by atoms with E-state index in [0.29, 0.717) is 42.7 Å². The van der Waals surface area contributed by atoms with E-state index < -0.39 is 27.6 Å². The molecule has 2 atom stereocenters. The van der Waals surface area contributed by atoms with Crippen molar-refractivity contribution < 1.29 is 17.9 Å². The largest absolute Gasteiger partial charge is 0.388 e. The van der Waals surface area contributed by atoms with Crippen LogP contribution in [0.3, 0.4) is 0 Å².